The third-order valence-electron chi connectivity index (χ3n) is 5.49. The van der Waals surface area contributed by atoms with Gasteiger partial charge in [0.25, 0.3) is 0 Å². The first-order valence-electron chi connectivity index (χ1n) is 10.0. The molecule has 158 valence electrons. The molecule has 0 unspecified atom stereocenters. The van der Waals surface area contributed by atoms with Crippen molar-refractivity contribution in [3.8, 4) is 11.5 Å². The van der Waals surface area contributed by atoms with Crippen LogP contribution in [-0.4, -0.2) is 14.2 Å². The molecule has 0 atom stereocenters. The summed E-state index contributed by atoms with van der Waals surface area (Å²) >= 11 is 0. The molecule has 0 radical (unpaired) electrons. The smallest absolute Gasteiger partial charge is 0.126 e. The fraction of sp³-hybridized carbons (Fsp3) is 0.111. The van der Waals surface area contributed by atoms with Crippen molar-refractivity contribution >= 4 is 23.2 Å². The lowest BCUT2D eigenvalue weighted by molar-refractivity contribution is -0.00000647. The van der Waals surface area contributed by atoms with E-state index in [0.717, 1.165) is 23.2 Å². The van der Waals surface area contributed by atoms with E-state index in [2.05, 4.69) is 97.1 Å². The van der Waals surface area contributed by atoms with Gasteiger partial charge in [-0.05, 0) is 54.6 Å². The minimum absolute atomic E-state index is 0. The first-order valence-corrected chi connectivity index (χ1v) is 12.0. The molecule has 0 aliphatic heterocycles. The zero-order valence-corrected chi connectivity index (χ0v) is 20.2. The van der Waals surface area contributed by atoms with Gasteiger partial charge < -0.3 is 26.5 Å². The van der Waals surface area contributed by atoms with Crippen LogP contribution in [0.2, 0.25) is 0 Å². The molecule has 0 aromatic heterocycles. The maximum atomic E-state index is 5.76. The molecule has 0 spiro atoms. The molecule has 0 fully saturated rings. The van der Waals surface area contributed by atoms with E-state index >= 15 is 0 Å². The topological polar surface area (TPSA) is 18.5 Å². The van der Waals surface area contributed by atoms with E-state index in [9.17, 15) is 0 Å². The van der Waals surface area contributed by atoms with Crippen LogP contribution in [0.3, 0.4) is 0 Å². The van der Waals surface area contributed by atoms with Crippen LogP contribution in [-0.2, 0) is 6.16 Å². The molecule has 31 heavy (non-hydrogen) atoms. The second-order valence-corrected chi connectivity index (χ2v) is 10.6. The van der Waals surface area contributed by atoms with Crippen LogP contribution in [0, 0.1) is 0 Å². The molecule has 0 saturated heterocycles. The van der Waals surface area contributed by atoms with Gasteiger partial charge in [-0.2, -0.15) is 0 Å². The number of halogens is 1. The Hall–Kier alpha value is -2.61. The standard InChI is InChI=1S/C27H26O2P.BrH/c1-28-23-18-19-27(29-2)22(20-23)21-30(24-12-6-3-7-13-24,25-14-8-4-9-15-25)26-16-10-5-11-17-26;/h3-20H,21H2,1-2H3;1H/q+1;/p-1. The zero-order chi connectivity index (χ0) is 20.8. The molecule has 2 nitrogen and oxygen atoms in total. The Morgan fingerprint density at radius 3 is 1.42 bits per heavy atom. The Labute approximate surface area is 196 Å². The van der Waals surface area contributed by atoms with Gasteiger partial charge in [0, 0.05) is 5.56 Å². The molecule has 4 heteroatoms. The largest absolute Gasteiger partial charge is 1.00 e. The number of ether oxygens (including phenoxy) is 2. The first-order chi connectivity index (χ1) is 14.8. The van der Waals surface area contributed by atoms with Gasteiger partial charge in [0.2, 0.25) is 0 Å². The minimum atomic E-state index is -1.98. The quantitative estimate of drug-likeness (QED) is 0.368. The van der Waals surface area contributed by atoms with Crippen molar-refractivity contribution in [1.29, 1.82) is 0 Å². The van der Waals surface area contributed by atoms with Crippen LogP contribution in [0.25, 0.3) is 0 Å². The van der Waals surface area contributed by atoms with E-state index in [4.69, 9.17) is 9.47 Å². The van der Waals surface area contributed by atoms with Gasteiger partial charge in [-0.25, -0.2) is 0 Å². The fourth-order valence-corrected chi connectivity index (χ4v) is 8.27. The summed E-state index contributed by atoms with van der Waals surface area (Å²) in [6.07, 6.45) is 0.853. The molecule has 0 heterocycles. The van der Waals surface area contributed by atoms with E-state index in [-0.39, 0.29) is 17.0 Å². The number of benzene rings is 4. The van der Waals surface area contributed by atoms with E-state index < -0.39 is 7.26 Å². The minimum Gasteiger partial charge on any atom is -1.00 e. The van der Waals surface area contributed by atoms with Gasteiger partial charge in [0.05, 0.1) is 14.2 Å². The highest BCUT2D eigenvalue weighted by Gasteiger charge is 2.46. The van der Waals surface area contributed by atoms with Gasteiger partial charge >= 0.3 is 0 Å². The Bertz CT molecular complexity index is 989. The molecule has 0 N–H and O–H groups in total. The number of methoxy groups -OCH3 is 2. The van der Waals surface area contributed by atoms with Gasteiger partial charge in [-0.1, -0.05) is 54.6 Å². The average Bonchev–Trinajstić information content (AvgIpc) is 2.84. The lowest BCUT2D eigenvalue weighted by Gasteiger charge is -2.28. The molecule has 0 aliphatic rings. The second-order valence-electron chi connectivity index (χ2n) is 7.15. The van der Waals surface area contributed by atoms with Crippen LogP contribution >= 0.6 is 7.26 Å². The number of rotatable bonds is 7. The summed E-state index contributed by atoms with van der Waals surface area (Å²) in [4.78, 5) is 0. The summed E-state index contributed by atoms with van der Waals surface area (Å²) in [5.41, 5.74) is 1.15. The molecule has 4 aromatic carbocycles. The highest BCUT2D eigenvalue weighted by molar-refractivity contribution is 7.95. The van der Waals surface area contributed by atoms with Gasteiger partial charge in [-0.15, -0.1) is 0 Å². The van der Waals surface area contributed by atoms with Crippen LogP contribution in [0.5, 0.6) is 11.5 Å². The molecule has 4 aromatic rings. The van der Waals surface area contributed by atoms with Gasteiger partial charge in [0.1, 0.15) is 40.8 Å². The summed E-state index contributed by atoms with van der Waals surface area (Å²) in [5, 5.41) is 4.06. The lowest BCUT2D eigenvalue weighted by atomic mass is 10.2. The molecular formula is C27H26BrO2P. The Balaban J connectivity index is 0.00000272. The van der Waals surface area contributed by atoms with E-state index in [0.29, 0.717) is 0 Å². The predicted octanol–water partition coefficient (Wildman–Crippen LogP) is 2.20. The van der Waals surface area contributed by atoms with E-state index in [1.165, 1.54) is 15.9 Å². The van der Waals surface area contributed by atoms with Crippen LogP contribution in [0.1, 0.15) is 5.56 Å². The lowest BCUT2D eigenvalue weighted by Crippen LogP contribution is -3.00. The van der Waals surface area contributed by atoms with Crippen molar-refractivity contribution in [2.45, 2.75) is 6.16 Å². The van der Waals surface area contributed by atoms with Crippen molar-refractivity contribution in [1.82, 2.24) is 0 Å². The molecule has 0 saturated carbocycles. The summed E-state index contributed by atoms with van der Waals surface area (Å²) in [7, 11) is 1.46. The van der Waals surface area contributed by atoms with Gasteiger partial charge in [-0.3, -0.25) is 0 Å². The van der Waals surface area contributed by atoms with Crippen molar-refractivity contribution < 1.29 is 26.5 Å². The summed E-state index contributed by atoms with van der Waals surface area (Å²) in [6, 6.07) is 38.7. The van der Waals surface area contributed by atoms with Crippen molar-refractivity contribution in [3.05, 3.63) is 115 Å². The first kappa shape index (κ1) is 23.1. The summed E-state index contributed by atoms with van der Waals surface area (Å²) in [6.45, 7) is 0. The molecule has 0 bridgehead atoms. The molecular weight excluding hydrogens is 467 g/mol. The average molecular weight is 493 g/mol. The third-order valence-corrected chi connectivity index (χ3v) is 9.84. The SMILES string of the molecule is COc1ccc(OC)c(C[P+](c2ccccc2)(c2ccccc2)c2ccccc2)c1.[Br-]. The fourth-order valence-electron chi connectivity index (χ4n) is 4.03. The maximum Gasteiger partial charge on any atom is 0.126 e. The second kappa shape index (κ2) is 10.6. The van der Waals surface area contributed by atoms with Gasteiger partial charge in [0.15, 0.2) is 0 Å². The van der Waals surface area contributed by atoms with Crippen molar-refractivity contribution in [2.24, 2.45) is 0 Å². The Morgan fingerprint density at radius 2 is 1.03 bits per heavy atom. The normalized spacial score (nSPS) is 10.8. The monoisotopic (exact) mass is 492 g/mol. The Morgan fingerprint density at radius 1 is 0.581 bits per heavy atom. The number of hydrogen-bond acceptors (Lipinski definition) is 2. The third kappa shape index (κ3) is 4.69. The van der Waals surface area contributed by atoms with Crippen molar-refractivity contribution in [3.63, 3.8) is 0 Å². The van der Waals surface area contributed by atoms with Crippen LogP contribution in [0.4, 0.5) is 0 Å². The summed E-state index contributed by atoms with van der Waals surface area (Å²) in [5.74, 6) is 1.74. The van der Waals surface area contributed by atoms with Crippen molar-refractivity contribution in [2.75, 3.05) is 14.2 Å². The van der Waals surface area contributed by atoms with Crippen LogP contribution < -0.4 is 42.4 Å². The van der Waals surface area contributed by atoms with E-state index in [1.807, 2.05) is 12.1 Å². The number of hydrogen-bond donors (Lipinski definition) is 0. The highest BCUT2D eigenvalue weighted by Crippen LogP contribution is 2.59. The maximum absolute atomic E-state index is 5.76. The molecule has 4 rings (SSSR count). The predicted molar refractivity (Wildman–Crippen MR) is 128 cm³/mol. The van der Waals surface area contributed by atoms with E-state index in [1.54, 1.807) is 14.2 Å². The molecule has 0 amide bonds. The zero-order valence-electron chi connectivity index (χ0n) is 17.7. The molecule has 0 aliphatic carbocycles. The van der Waals surface area contributed by atoms with Crippen LogP contribution in [0.15, 0.2) is 109 Å². The summed E-state index contributed by atoms with van der Waals surface area (Å²) < 4.78 is 11.3. The highest BCUT2D eigenvalue weighted by atomic mass is 79.9. The Kier molecular flexibility index (Phi) is 7.90.